The zero-order chi connectivity index (χ0) is 11.5. The Morgan fingerprint density at radius 2 is 2.18 bits per heavy atom. The molecule has 2 rings (SSSR count). The van der Waals surface area contributed by atoms with E-state index in [0.717, 1.165) is 28.8 Å². The normalized spacial score (nSPS) is 19.6. The molecule has 1 amide bonds. The molecule has 1 fully saturated rings. The van der Waals surface area contributed by atoms with Gasteiger partial charge in [0.1, 0.15) is 0 Å². The summed E-state index contributed by atoms with van der Waals surface area (Å²) in [7, 11) is 0. The van der Waals surface area contributed by atoms with Crippen molar-refractivity contribution in [3.8, 4) is 0 Å². The summed E-state index contributed by atoms with van der Waals surface area (Å²) in [6.07, 6.45) is 0. The number of carbonyl (C=O) groups excluding carboxylic acids is 1. The largest absolute Gasteiger partial charge is 0.336 e. The zero-order valence-corrected chi connectivity index (χ0v) is 12.6. The second kappa shape index (κ2) is 6.56. The van der Waals surface area contributed by atoms with Gasteiger partial charge in [0.2, 0.25) is 0 Å². The fraction of sp³-hybridized carbons (Fsp3) is 0.417. The molecule has 1 aliphatic rings. The minimum atomic E-state index is 0. The molecule has 0 aromatic heterocycles. The highest BCUT2D eigenvalue weighted by atomic mass is 127. The Morgan fingerprint density at radius 1 is 1.47 bits per heavy atom. The first-order chi connectivity index (χ1) is 7.68. The molecule has 0 radical (unpaired) electrons. The molecule has 94 valence electrons. The molecule has 1 saturated heterocycles. The topological polar surface area (TPSA) is 32.3 Å². The smallest absolute Gasteiger partial charge is 0.255 e. The van der Waals surface area contributed by atoms with Crippen LogP contribution in [-0.4, -0.2) is 36.5 Å². The van der Waals surface area contributed by atoms with Crippen molar-refractivity contribution in [1.29, 1.82) is 0 Å². The summed E-state index contributed by atoms with van der Waals surface area (Å²) in [5.74, 6) is 0.151. The summed E-state index contributed by atoms with van der Waals surface area (Å²) in [5, 5.41) is 3.34. The number of hydrogen-bond acceptors (Lipinski definition) is 2. The number of hydrogen-bond donors (Lipinski definition) is 1. The lowest BCUT2D eigenvalue weighted by molar-refractivity contribution is 0.0708. The Labute approximate surface area is 122 Å². The van der Waals surface area contributed by atoms with Crippen LogP contribution in [0.25, 0.3) is 0 Å². The maximum Gasteiger partial charge on any atom is 0.255 e. The lowest BCUT2D eigenvalue weighted by Gasteiger charge is -2.32. The van der Waals surface area contributed by atoms with Gasteiger partial charge in [0, 0.05) is 29.2 Å². The second-order valence-corrected chi connectivity index (χ2v) is 5.25. The van der Waals surface area contributed by atoms with Crippen molar-refractivity contribution in [3.63, 3.8) is 0 Å². The maximum atomic E-state index is 12.3. The summed E-state index contributed by atoms with van der Waals surface area (Å²) in [6, 6.07) is 8.13. The predicted octanol–water partition coefficient (Wildman–Crippen LogP) is 2.15. The van der Waals surface area contributed by atoms with Crippen molar-refractivity contribution in [3.05, 3.63) is 33.4 Å². The van der Waals surface area contributed by atoms with Gasteiger partial charge in [0.05, 0.1) is 5.56 Å². The number of carbonyl (C=O) groups is 1. The Bertz CT molecular complexity index is 400. The summed E-state index contributed by atoms with van der Waals surface area (Å²) in [4.78, 5) is 14.2. The predicted molar refractivity (Wildman–Crippen MR) is 79.8 cm³/mol. The van der Waals surface area contributed by atoms with Crippen LogP contribution in [0.2, 0.25) is 0 Å². The molecule has 0 bridgehead atoms. The second-order valence-electron chi connectivity index (χ2n) is 4.09. The molecule has 3 nitrogen and oxygen atoms in total. The van der Waals surface area contributed by atoms with Crippen LogP contribution >= 0.6 is 35.0 Å². The number of piperazine rings is 1. The van der Waals surface area contributed by atoms with E-state index in [-0.39, 0.29) is 18.3 Å². The zero-order valence-electron chi connectivity index (χ0n) is 9.65. The lowest BCUT2D eigenvalue weighted by Crippen LogP contribution is -2.51. The summed E-state index contributed by atoms with van der Waals surface area (Å²) in [5.41, 5.74) is 0.817. The third kappa shape index (κ3) is 3.56. The molecule has 1 aromatic rings. The summed E-state index contributed by atoms with van der Waals surface area (Å²) in [6.45, 7) is 4.59. The fourth-order valence-electron chi connectivity index (χ4n) is 1.92. The third-order valence-corrected chi connectivity index (χ3v) is 3.70. The molecule has 1 aromatic carbocycles. The first-order valence-electron chi connectivity index (χ1n) is 5.45. The SMILES string of the molecule is C[C@H]1CN(C(=O)c2ccccc2I)CCN1.Cl. The van der Waals surface area contributed by atoms with Crippen LogP contribution < -0.4 is 5.32 Å². The first-order valence-corrected chi connectivity index (χ1v) is 6.53. The van der Waals surface area contributed by atoms with E-state index in [1.165, 1.54) is 0 Å². The number of halogens is 2. The van der Waals surface area contributed by atoms with Crippen LogP contribution in [-0.2, 0) is 0 Å². The highest BCUT2D eigenvalue weighted by Gasteiger charge is 2.22. The van der Waals surface area contributed by atoms with Crippen molar-refractivity contribution in [1.82, 2.24) is 10.2 Å². The molecule has 0 spiro atoms. The van der Waals surface area contributed by atoms with Gasteiger partial charge in [0.25, 0.3) is 5.91 Å². The highest BCUT2D eigenvalue weighted by Crippen LogP contribution is 2.15. The monoisotopic (exact) mass is 366 g/mol. The van der Waals surface area contributed by atoms with Gasteiger partial charge < -0.3 is 10.2 Å². The number of nitrogens with one attached hydrogen (secondary N) is 1. The highest BCUT2D eigenvalue weighted by molar-refractivity contribution is 14.1. The molecule has 1 aliphatic heterocycles. The molecule has 5 heteroatoms. The van der Waals surface area contributed by atoms with Crippen LogP contribution in [0.5, 0.6) is 0 Å². The molecule has 0 unspecified atom stereocenters. The lowest BCUT2D eigenvalue weighted by atomic mass is 10.1. The summed E-state index contributed by atoms with van der Waals surface area (Å²) >= 11 is 2.21. The van der Waals surface area contributed by atoms with E-state index in [9.17, 15) is 4.79 Å². The van der Waals surface area contributed by atoms with Crippen LogP contribution in [0.4, 0.5) is 0 Å². The number of amides is 1. The van der Waals surface area contributed by atoms with Gasteiger partial charge >= 0.3 is 0 Å². The average Bonchev–Trinajstić information content (AvgIpc) is 2.29. The Morgan fingerprint density at radius 3 is 2.82 bits per heavy atom. The minimum Gasteiger partial charge on any atom is -0.336 e. The van der Waals surface area contributed by atoms with Gasteiger partial charge in [-0.2, -0.15) is 0 Å². The van der Waals surface area contributed by atoms with Crippen LogP contribution in [0, 0.1) is 3.57 Å². The van der Waals surface area contributed by atoms with Crippen LogP contribution in [0.3, 0.4) is 0 Å². The molecule has 1 atom stereocenters. The van der Waals surface area contributed by atoms with Crippen molar-refractivity contribution in [2.45, 2.75) is 13.0 Å². The van der Waals surface area contributed by atoms with E-state index in [1.807, 2.05) is 29.2 Å². The Kier molecular flexibility index (Phi) is 5.69. The Balaban J connectivity index is 0.00000144. The van der Waals surface area contributed by atoms with Gasteiger partial charge in [0.15, 0.2) is 0 Å². The van der Waals surface area contributed by atoms with Gasteiger partial charge in [-0.15, -0.1) is 12.4 Å². The van der Waals surface area contributed by atoms with Crippen molar-refractivity contribution >= 4 is 40.9 Å². The fourth-order valence-corrected chi connectivity index (χ4v) is 2.54. The van der Waals surface area contributed by atoms with E-state index in [4.69, 9.17) is 0 Å². The van der Waals surface area contributed by atoms with Crippen molar-refractivity contribution in [2.24, 2.45) is 0 Å². The molecular weight excluding hydrogens is 351 g/mol. The number of rotatable bonds is 1. The standard InChI is InChI=1S/C12H15IN2O.ClH/c1-9-8-15(7-6-14-9)12(16)10-4-2-3-5-11(10)13;/h2-5,9,14H,6-8H2,1H3;1H/t9-;/m0./s1. The van der Waals surface area contributed by atoms with E-state index in [0.29, 0.717) is 6.04 Å². The van der Waals surface area contributed by atoms with Crippen molar-refractivity contribution < 1.29 is 4.79 Å². The van der Waals surface area contributed by atoms with Crippen LogP contribution in [0.1, 0.15) is 17.3 Å². The van der Waals surface area contributed by atoms with Gasteiger partial charge in [-0.05, 0) is 41.6 Å². The molecule has 17 heavy (non-hydrogen) atoms. The molecule has 1 N–H and O–H groups in total. The Hall–Kier alpha value is -0.330. The van der Waals surface area contributed by atoms with Crippen molar-refractivity contribution in [2.75, 3.05) is 19.6 Å². The van der Waals surface area contributed by atoms with E-state index >= 15 is 0 Å². The minimum absolute atomic E-state index is 0. The molecule has 1 heterocycles. The molecule has 0 saturated carbocycles. The van der Waals surface area contributed by atoms with E-state index < -0.39 is 0 Å². The van der Waals surface area contributed by atoms with Gasteiger partial charge in [-0.25, -0.2) is 0 Å². The average molecular weight is 367 g/mol. The maximum absolute atomic E-state index is 12.3. The quantitative estimate of drug-likeness (QED) is 0.773. The van der Waals surface area contributed by atoms with Gasteiger partial charge in [-0.3, -0.25) is 4.79 Å². The molecule has 0 aliphatic carbocycles. The molecular formula is C12H16ClIN2O. The van der Waals surface area contributed by atoms with E-state index in [1.54, 1.807) is 0 Å². The van der Waals surface area contributed by atoms with E-state index in [2.05, 4.69) is 34.8 Å². The third-order valence-electron chi connectivity index (χ3n) is 2.76. The van der Waals surface area contributed by atoms with Crippen LogP contribution in [0.15, 0.2) is 24.3 Å². The summed E-state index contributed by atoms with van der Waals surface area (Å²) < 4.78 is 1.02. The number of nitrogens with zero attached hydrogens (tertiary/aromatic N) is 1. The first kappa shape index (κ1) is 14.7. The number of benzene rings is 1. The van der Waals surface area contributed by atoms with Gasteiger partial charge in [-0.1, -0.05) is 12.1 Å².